The van der Waals surface area contributed by atoms with E-state index in [1.165, 1.54) is 0 Å². The predicted octanol–water partition coefficient (Wildman–Crippen LogP) is 3.57. The molecule has 1 aromatic rings. The minimum atomic E-state index is -0.948. The Morgan fingerprint density at radius 2 is 1.48 bits per heavy atom. The quantitative estimate of drug-likeness (QED) is 0.344. The highest BCUT2D eigenvalue weighted by molar-refractivity contribution is 14.1. The molecule has 0 spiro atoms. The number of rotatable bonds is 6. The fourth-order valence-electron chi connectivity index (χ4n) is 1.41. The zero-order chi connectivity index (χ0) is 18.2. The van der Waals surface area contributed by atoms with E-state index in [-0.39, 0.29) is 19.3 Å². The first-order valence-corrected chi connectivity index (χ1v) is 9.37. The van der Waals surface area contributed by atoms with Crippen molar-refractivity contribution in [1.82, 2.24) is 0 Å². The summed E-state index contributed by atoms with van der Waals surface area (Å²) < 4.78 is 2.56. The molecule has 0 aromatic heterocycles. The van der Waals surface area contributed by atoms with Crippen molar-refractivity contribution in [3.8, 4) is 0 Å². The van der Waals surface area contributed by atoms with Gasteiger partial charge in [0.1, 0.15) is 0 Å². The first-order chi connectivity index (χ1) is 10.6. The van der Waals surface area contributed by atoms with E-state index in [4.69, 9.17) is 15.3 Å². The highest BCUT2D eigenvalue weighted by Gasteiger charge is 2.18. The van der Waals surface area contributed by atoms with Gasteiger partial charge in [0.15, 0.2) is 0 Å². The van der Waals surface area contributed by atoms with Crippen molar-refractivity contribution in [3.63, 3.8) is 0 Å². The minimum Gasteiger partial charge on any atom is -0.481 e. The third-order valence-corrected chi connectivity index (χ3v) is 5.20. The number of carboxylic acids is 3. The van der Waals surface area contributed by atoms with Crippen molar-refractivity contribution in [2.45, 2.75) is 19.3 Å². The van der Waals surface area contributed by atoms with Crippen LogP contribution < -0.4 is 5.32 Å². The summed E-state index contributed by atoms with van der Waals surface area (Å²) in [6.07, 6.45) is 0.0866. The summed E-state index contributed by atoms with van der Waals surface area (Å²) in [5.41, 5.74) is 1.25. The number of aromatic carboxylic acids is 1. The molecule has 10 heteroatoms. The molecule has 0 unspecified atom stereocenters. The van der Waals surface area contributed by atoms with Gasteiger partial charge in [-0.1, -0.05) is 0 Å². The zero-order valence-electron chi connectivity index (χ0n) is 11.9. The average Bonchev–Trinajstić information content (AvgIpc) is 2.37. The van der Waals surface area contributed by atoms with Crippen LogP contribution in [0.5, 0.6) is 0 Å². The van der Waals surface area contributed by atoms with Gasteiger partial charge in [0.2, 0.25) is 0 Å². The number of hydrogen-bond donors (Lipinski definition) is 4. The number of anilines is 1. The maximum absolute atomic E-state index is 11.0. The molecule has 0 saturated carbocycles. The summed E-state index contributed by atoms with van der Waals surface area (Å²) >= 11 is 6.28. The number of benzene rings is 1. The first kappa shape index (κ1) is 22.6. The Kier molecular flexibility index (Phi) is 11.0. The van der Waals surface area contributed by atoms with Crippen LogP contribution in [-0.2, 0) is 9.59 Å². The smallest absolute Gasteiger partial charge is 0.337 e. The van der Waals surface area contributed by atoms with E-state index in [1.807, 2.05) is 28.7 Å². The molecule has 0 bridgehead atoms. The van der Waals surface area contributed by atoms with E-state index in [0.717, 1.165) is 16.4 Å². The van der Waals surface area contributed by atoms with Crippen LogP contribution in [0.1, 0.15) is 29.6 Å². The molecule has 0 heterocycles. The van der Waals surface area contributed by atoms with Gasteiger partial charge in [-0.05, 0) is 80.3 Å². The van der Waals surface area contributed by atoms with E-state index in [2.05, 4.69) is 50.5 Å². The Bertz CT molecular complexity index is 592. The van der Waals surface area contributed by atoms with Crippen LogP contribution in [-0.4, -0.2) is 40.3 Å². The van der Waals surface area contributed by atoms with Crippen LogP contribution in [0.3, 0.4) is 0 Å². The molecule has 128 valence electrons. The van der Waals surface area contributed by atoms with Gasteiger partial charge >= 0.3 is 17.9 Å². The van der Waals surface area contributed by atoms with E-state index in [0.29, 0.717) is 5.56 Å². The van der Waals surface area contributed by atoms with Gasteiger partial charge in [0, 0.05) is 27.0 Å². The second-order valence-electron chi connectivity index (χ2n) is 4.10. The molecule has 0 fully saturated rings. The lowest BCUT2D eigenvalue weighted by molar-refractivity contribution is -0.138. The first-order valence-electron chi connectivity index (χ1n) is 6.13. The third-order valence-electron chi connectivity index (χ3n) is 2.42. The molecule has 0 aliphatic rings. The Balaban J connectivity index is 0.000000468. The standard InChI is InChI=1S/C8H6I3NO2.C5H8O4/c1-12-7-4(10)2-3(9)5(6(7)11)8(13)14;6-4(7)2-1-3-5(8)9/h2,12H,1H3,(H,13,14);1-3H2,(H,6,7)(H,8,9). The van der Waals surface area contributed by atoms with Crippen LogP contribution in [0, 0.1) is 10.7 Å². The maximum Gasteiger partial charge on any atom is 0.337 e. The molecular formula is C13H14I3NO6. The van der Waals surface area contributed by atoms with Crippen molar-refractivity contribution in [1.29, 1.82) is 0 Å². The molecule has 1 rings (SSSR count). The number of halogens is 3. The maximum atomic E-state index is 11.0. The number of hydrogen-bond acceptors (Lipinski definition) is 4. The SMILES string of the molecule is CNc1c(I)cc(I)c(C(=O)O)c1I.O=C(O)CCCC(=O)O. The van der Waals surface area contributed by atoms with Crippen molar-refractivity contribution in [2.24, 2.45) is 0 Å². The van der Waals surface area contributed by atoms with Crippen molar-refractivity contribution >= 4 is 91.4 Å². The van der Waals surface area contributed by atoms with E-state index in [9.17, 15) is 14.4 Å². The Hall–Kier alpha value is -0.380. The van der Waals surface area contributed by atoms with Crippen molar-refractivity contribution in [3.05, 3.63) is 22.3 Å². The van der Waals surface area contributed by atoms with Gasteiger partial charge < -0.3 is 20.6 Å². The summed E-state index contributed by atoms with van der Waals surface area (Å²) in [7, 11) is 1.79. The van der Waals surface area contributed by atoms with Gasteiger partial charge in [0.25, 0.3) is 0 Å². The topological polar surface area (TPSA) is 124 Å². The molecule has 1 aromatic carbocycles. The predicted molar refractivity (Wildman–Crippen MR) is 110 cm³/mol. The fourth-order valence-corrected chi connectivity index (χ4v) is 5.78. The number of carbonyl (C=O) groups is 3. The number of carboxylic acid groups (broad SMARTS) is 3. The zero-order valence-corrected chi connectivity index (χ0v) is 18.4. The molecule has 0 amide bonds. The van der Waals surface area contributed by atoms with Gasteiger partial charge in [-0.2, -0.15) is 0 Å². The molecule has 0 radical (unpaired) electrons. The molecule has 7 nitrogen and oxygen atoms in total. The van der Waals surface area contributed by atoms with E-state index >= 15 is 0 Å². The summed E-state index contributed by atoms with van der Waals surface area (Å²) in [4.78, 5) is 30.6. The lowest BCUT2D eigenvalue weighted by atomic mass is 10.2. The number of nitrogens with one attached hydrogen (secondary N) is 1. The molecule has 23 heavy (non-hydrogen) atoms. The Labute approximate surface area is 173 Å². The Morgan fingerprint density at radius 1 is 1.00 bits per heavy atom. The fraction of sp³-hybridized carbons (Fsp3) is 0.308. The number of aliphatic carboxylic acids is 2. The third kappa shape index (κ3) is 8.32. The molecule has 0 aliphatic carbocycles. The highest BCUT2D eigenvalue weighted by Crippen LogP contribution is 2.31. The second-order valence-corrected chi connectivity index (χ2v) is 7.50. The highest BCUT2D eigenvalue weighted by atomic mass is 127. The van der Waals surface area contributed by atoms with Crippen molar-refractivity contribution in [2.75, 3.05) is 12.4 Å². The summed E-state index contributed by atoms with van der Waals surface area (Å²) in [5.74, 6) is -2.78. The monoisotopic (exact) mass is 661 g/mol. The minimum absolute atomic E-state index is 0.0632. The Morgan fingerprint density at radius 3 is 1.83 bits per heavy atom. The van der Waals surface area contributed by atoms with Crippen molar-refractivity contribution < 1.29 is 29.7 Å². The van der Waals surface area contributed by atoms with Gasteiger partial charge in [-0.3, -0.25) is 9.59 Å². The van der Waals surface area contributed by atoms with Gasteiger partial charge in [0.05, 0.1) is 14.8 Å². The second kappa shape index (κ2) is 11.2. The lowest BCUT2D eigenvalue weighted by Crippen LogP contribution is -2.07. The lowest BCUT2D eigenvalue weighted by Gasteiger charge is -2.11. The summed E-state index contributed by atoms with van der Waals surface area (Å²) in [6.45, 7) is 0. The van der Waals surface area contributed by atoms with Crippen LogP contribution in [0.25, 0.3) is 0 Å². The molecular weight excluding hydrogens is 647 g/mol. The van der Waals surface area contributed by atoms with Crippen LogP contribution in [0.4, 0.5) is 5.69 Å². The summed E-state index contributed by atoms with van der Waals surface area (Å²) in [6, 6.07) is 1.86. The van der Waals surface area contributed by atoms with Crippen LogP contribution in [0.2, 0.25) is 0 Å². The molecule has 0 atom stereocenters. The molecule has 0 aliphatic heterocycles. The average molecular weight is 661 g/mol. The van der Waals surface area contributed by atoms with Gasteiger partial charge in [-0.15, -0.1) is 0 Å². The van der Waals surface area contributed by atoms with Crippen LogP contribution >= 0.6 is 67.8 Å². The summed E-state index contributed by atoms with van der Waals surface area (Å²) in [5, 5.41) is 28.1. The molecule has 4 N–H and O–H groups in total. The molecule has 0 saturated heterocycles. The van der Waals surface area contributed by atoms with Crippen LogP contribution in [0.15, 0.2) is 6.07 Å². The van der Waals surface area contributed by atoms with Gasteiger partial charge in [-0.25, -0.2) is 4.79 Å². The van der Waals surface area contributed by atoms with E-state index in [1.54, 1.807) is 7.05 Å². The largest absolute Gasteiger partial charge is 0.481 e. The normalized spacial score (nSPS) is 9.57. The van der Waals surface area contributed by atoms with E-state index < -0.39 is 17.9 Å².